The minimum atomic E-state index is 0.0156. The first-order valence-electron chi connectivity index (χ1n) is 8.64. The fourth-order valence-corrected chi connectivity index (χ4v) is 4.07. The molecule has 1 aromatic heterocycles. The van der Waals surface area contributed by atoms with Crippen molar-refractivity contribution in [1.29, 1.82) is 0 Å². The van der Waals surface area contributed by atoms with Crippen LogP contribution >= 0.6 is 0 Å². The summed E-state index contributed by atoms with van der Waals surface area (Å²) in [6.07, 6.45) is 4.20. The van der Waals surface area contributed by atoms with Gasteiger partial charge in [0.05, 0.1) is 6.26 Å². The van der Waals surface area contributed by atoms with Gasteiger partial charge in [-0.3, -0.25) is 4.79 Å². The van der Waals surface area contributed by atoms with Crippen molar-refractivity contribution < 1.29 is 9.21 Å². The maximum absolute atomic E-state index is 12.6. The molecule has 23 heavy (non-hydrogen) atoms. The molecule has 1 amide bonds. The van der Waals surface area contributed by atoms with Crippen molar-refractivity contribution >= 4 is 16.9 Å². The van der Waals surface area contributed by atoms with E-state index in [0.29, 0.717) is 11.5 Å². The van der Waals surface area contributed by atoms with Crippen LogP contribution in [0.25, 0.3) is 11.0 Å². The molecule has 0 saturated carbocycles. The SMILES string of the molecule is CC(C)c1coc2cc(C(=O)NC3CC4CCN(C4)C3)ccc12. The van der Waals surface area contributed by atoms with Gasteiger partial charge in [-0.25, -0.2) is 0 Å². The van der Waals surface area contributed by atoms with Crippen LogP contribution in [0.4, 0.5) is 0 Å². The van der Waals surface area contributed by atoms with E-state index < -0.39 is 0 Å². The predicted molar refractivity (Wildman–Crippen MR) is 90.7 cm³/mol. The highest BCUT2D eigenvalue weighted by atomic mass is 16.3. The number of carbonyl (C=O) groups excluding carboxylic acids is 1. The lowest BCUT2D eigenvalue weighted by Gasteiger charge is -2.30. The number of fused-ring (bicyclic) bond motifs is 3. The quantitative estimate of drug-likeness (QED) is 0.945. The predicted octanol–water partition coefficient (Wildman–Crippen LogP) is 3.38. The Morgan fingerprint density at radius 3 is 3.00 bits per heavy atom. The molecule has 0 radical (unpaired) electrons. The zero-order chi connectivity index (χ0) is 16.0. The highest BCUT2D eigenvalue weighted by Gasteiger charge is 2.33. The van der Waals surface area contributed by atoms with Gasteiger partial charge in [-0.2, -0.15) is 0 Å². The molecule has 2 fully saturated rings. The van der Waals surface area contributed by atoms with Gasteiger partial charge in [0.15, 0.2) is 0 Å². The summed E-state index contributed by atoms with van der Waals surface area (Å²) in [5.41, 5.74) is 2.69. The molecule has 1 N–H and O–H groups in total. The summed E-state index contributed by atoms with van der Waals surface area (Å²) in [4.78, 5) is 15.0. The molecule has 0 spiro atoms. The van der Waals surface area contributed by atoms with Gasteiger partial charge < -0.3 is 14.6 Å². The molecule has 3 unspecified atom stereocenters. The number of piperidine rings is 1. The van der Waals surface area contributed by atoms with Crippen LogP contribution in [-0.4, -0.2) is 36.5 Å². The first-order chi connectivity index (χ1) is 11.1. The van der Waals surface area contributed by atoms with Crippen LogP contribution in [0, 0.1) is 5.92 Å². The Kier molecular flexibility index (Phi) is 3.64. The average molecular weight is 312 g/mol. The molecule has 0 aliphatic carbocycles. The van der Waals surface area contributed by atoms with Crippen molar-refractivity contribution in [2.24, 2.45) is 5.92 Å². The van der Waals surface area contributed by atoms with Crippen LogP contribution in [0.5, 0.6) is 0 Å². The molecule has 4 heteroatoms. The topological polar surface area (TPSA) is 45.5 Å². The Morgan fingerprint density at radius 1 is 1.35 bits per heavy atom. The van der Waals surface area contributed by atoms with Crippen LogP contribution in [-0.2, 0) is 0 Å². The van der Waals surface area contributed by atoms with E-state index in [2.05, 4.69) is 24.1 Å². The number of amides is 1. The molecule has 2 aliphatic heterocycles. The monoisotopic (exact) mass is 312 g/mol. The molecule has 4 nitrogen and oxygen atoms in total. The van der Waals surface area contributed by atoms with Crippen molar-refractivity contribution in [2.75, 3.05) is 19.6 Å². The van der Waals surface area contributed by atoms with E-state index in [-0.39, 0.29) is 11.9 Å². The third-order valence-electron chi connectivity index (χ3n) is 5.29. The second-order valence-corrected chi connectivity index (χ2v) is 7.38. The summed E-state index contributed by atoms with van der Waals surface area (Å²) in [7, 11) is 0. The molecule has 3 heterocycles. The van der Waals surface area contributed by atoms with Gasteiger partial charge in [0, 0.05) is 35.6 Å². The molecular formula is C19H24N2O2. The number of furan rings is 1. The molecule has 2 aliphatic rings. The number of nitrogens with one attached hydrogen (secondary N) is 1. The second kappa shape index (κ2) is 5.68. The van der Waals surface area contributed by atoms with E-state index in [0.717, 1.165) is 29.9 Å². The Morgan fingerprint density at radius 2 is 2.22 bits per heavy atom. The van der Waals surface area contributed by atoms with Gasteiger partial charge in [-0.1, -0.05) is 19.9 Å². The lowest BCUT2D eigenvalue weighted by atomic mass is 9.96. The molecule has 2 saturated heterocycles. The summed E-state index contributed by atoms with van der Waals surface area (Å²) in [5, 5.41) is 4.32. The summed E-state index contributed by atoms with van der Waals surface area (Å²) in [5.74, 6) is 1.19. The van der Waals surface area contributed by atoms with E-state index in [1.807, 2.05) is 24.5 Å². The lowest BCUT2D eigenvalue weighted by molar-refractivity contribution is 0.0909. The summed E-state index contributed by atoms with van der Waals surface area (Å²) < 4.78 is 5.65. The molecule has 4 rings (SSSR count). The summed E-state index contributed by atoms with van der Waals surface area (Å²) in [6, 6.07) is 6.07. The Balaban J connectivity index is 1.51. The number of benzene rings is 1. The maximum atomic E-state index is 12.6. The van der Waals surface area contributed by atoms with Gasteiger partial charge >= 0.3 is 0 Å². The van der Waals surface area contributed by atoms with E-state index in [1.165, 1.54) is 25.1 Å². The zero-order valence-corrected chi connectivity index (χ0v) is 13.8. The third-order valence-corrected chi connectivity index (χ3v) is 5.29. The first kappa shape index (κ1) is 14.8. The van der Waals surface area contributed by atoms with Crippen molar-refractivity contribution in [2.45, 2.75) is 38.6 Å². The standard InChI is InChI=1S/C19H24N2O2/c1-12(2)17-11-23-18-8-14(3-4-16(17)18)19(22)20-15-7-13-5-6-21(9-13)10-15/h3-4,8,11-13,15H,5-7,9-10H2,1-2H3,(H,20,22). The van der Waals surface area contributed by atoms with Crippen LogP contribution in [0.1, 0.15) is 48.5 Å². The van der Waals surface area contributed by atoms with Crippen molar-refractivity contribution in [1.82, 2.24) is 10.2 Å². The summed E-state index contributed by atoms with van der Waals surface area (Å²) in [6.45, 7) is 7.69. The first-order valence-corrected chi connectivity index (χ1v) is 8.64. The van der Waals surface area contributed by atoms with Gasteiger partial charge in [0.25, 0.3) is 5.91 Å². The molecule has 1 aromatic carbocycles. The number of hydrogen-bond donors (Lipinski definition) is 1. The Hall–Kier alpha value is -1.81. The van der Waals surface area contributed by atoms with Crippen LogP contribution in [0.3, 0.4) is 0 Å². The number of rotatable bonds is 3. The third kappa shape index (κ3) is 2.76. The minimum Gasteiger partial charge on any atom is -0.464 e. The van der Waals surface area contributed by atoms with Gasteiger partial charge in [-0.05, 0) is 43.4 Å². The highest BCUT2D eigenvalue weighted by Crippen LogP contribution is 2.29. The van der Waals surface area contributed by atoms with Gasteiger partial charge in [-0.15, -0.1) is 0 Å². The summed E-state index contributed by atoms with van der Waals surface area (Å²) >= 11 is 0. The molecular weight excluding hydrogens is 288 g/mol. The molecule has 2 bridgehead atoms. The number of nitrogens with zero attached hydrogens (tertiary/aromatic N) is 1. The van der Waals surface area contributed by atoms with E-state index in [4.69, 9.17) is 4.42 Å². The smallest absolute Gasteiger partial charge is 0.251 e. The molecule has 122 valence electrons. The van der Waals surface area contributed by atoms with Crippen molar-refractivity contribution in [3.63, 3.8) is 0 Å². The van der Waals surface area contributed by atoms with Crippen molar-refractivity contribution in [3.05, 3.63) is 35.6 Å². The zero-order valence-electron chi connectivity index (χ0n) is 13.8. The maximum Gasteiger partial charge on any atom is 0.251 e. The number of carbonyl (C=O) groups is 1. The second-order valence-electron chi connectivity index (χ2n) is 7.38. The van der Waals surface area contributed by atoms with Crippen molar-refractivity contribution in [3.8, 4) is 0 Å². The Bertz CT molecular complexity index is 722. The fourth-order valence-electron chi connectivity index (χ4n) is 4.07. The normalized spacial score (nSPS) is 26.8. The van der Waals surface area contributed by atoms with E-state index in [9.17, 15) is 4.79 Å². The van der Waals surface area contributed by atoms with E-state index in [1.54, 1.807) is 0 Å². The minimum absolute atomic E-state index is 0.0156. The molecule has 2 aromatic rings. The lowest BCUT2D eigenvalue weighted by Crippen LogP contribution is -2.47. The van der Waals surface area contributed by atoms with Crippen LogP contribution in [0.15, 0.2) is 28.9 Å². The molecule has 3 atom stereocenters. The highest BCUT2D eigenvalue weighted by molar-refractivity contribution is 5.98. The van der Waals surface area contributed by atoms with Crippen LogP contribution in [0.2, 0.25) is 0 Å². The van der Waals surface area contributed by atoms with E-state index >= 15 is 0 Å². The van der Waals surface area contributed by atoms with Crippen LogP contribution < -0.4 is 5.32 Å². The fraction of sp³-hybridized carbons (Fsp3) is 0.526. The Labute approximate surface area is 136 Å². The van der Waals surface area contributed by atoms with Gasteiger partial charge in [0.2, 0.25) is 0 Å². The largest absolute Gasteiger partial charge is 0.464 e. The number of hydrogen-bond acceptors (Lipinski definition) is 3. The average Bonchev–Trinajstić information content (AvgIpc) is 3.09. The van der Waals surface area contributed by atoms with Gasteiger partial charge in [0.1, 0.15) is 5.58 Å².